The second-order valence-electron chi connectivity index (χ2n) is 6.22. The number of hydrogen-bond acceptors (Lipinski definition) is 4. The van der Waals surface area contributed by atoms with Crippen LogP contribution in [-0.2, 0) is 11.0 Å². The van der Waals surface area contributed by atoms with Gasteiger partial charge in [0.15, 0.2) is 14.0 Å². The number of carbonyl (C=O) groups is 1. The Morgan fingerprint density at radius 3 is 2.55 bits per heavy atom. The standard InChI is InChI=1S/C13H22N2O4Si/c1-13(2,3)20(4,5)19-7-6-15-9-10(12(17)18)14-8-11(15)16/h8-9H,6-7H2,1-5H3,(H,17,18). The summed E-state index contributed by atoms with van der Waals surface area (Å²) in [7, 11) is -1.86. The van der Waals surface area contributed by atoms with Crippen molar-refractivity contribution in [1.29, 1.82) is 0 Å². The van der Waals surface area contributed by atoms with Gasteiger partial charge in [0, 0.05) is 12.7 Å². The van der Waals surface area contributed by atoms with Crippen molar-refractivity contribution in [3.63, 3.8) is 0 Å². The molecule has 1 rings (SSSR count). The lowest BCUT2D eigenvalue weighted by Crippen LogP contribution is -2.41. The van der Waals surface area contributed by atoms with Gasteiger partial charge in [0.1, 0.15) is 0 Å². The third-order valence-electron chi connectivity index (χ3n) is 3.70. The molecule has 0 spiro atoms. The molecule has 20 heavy (non-hydrogen) atoms. The second kappa shape index (κ2) is 5.88. The molecule has 0 radical (unpaired) electrons. The fourth-order valence-electron chi connectivity index (χ4n) is 1.34. The van der Waals surface area contributed by atoms with Crippen molar-refractivity contribution >= 4 is 14.3 Å². The van der Waals surface area contributed by atoms with Gasteiger partial charge in [-0.25, -0.2) is 9.78 Å². The Kier molecular flexibility index (Phi) is 4.88. The molecule has 0 saturated carbocycles. The SMILES string of the molecule is CC(C)(C)[Si](C)(C)OCCn1cc(C(=O)O)ncc1=O. The lowest BCUT2D eigenvalue weighted by atomic mass is 10.2. The van der Waals surface area contributed by atoms with Crippen molar-refractivity contribution in [3.05, 3.63) is 28.4 Å². The molecule has 7 heteroatoms. The van der Waals surface area contributed by atoms with E-state index in [9.17, 15) is 9.59 Å². The smallest absolute Gasteiger partial charge is 0.356 e. The van der Waals surface area contributed by atoms with Crippen LogP contribution in [0.1, 0.15) is 31.3 Å². The predicted octanol–water partition coefficient (Wildman–Crippen LogP) is 1.96. The number of aromatic nitrogens is 2. The van der Waals surface area contributed by atoms with Crippen LogP contribution in [0.25, 0.3) is 0 Å². The number of aromatic carboxylic acids is 1. The van der Waals surface area contributed by atoms with Gasteiger partial charge in [0.2, 0.25) is 0 Å². The Morgan fingerprint density at radius 1 is 1.45 bits per heavy atom. The summed E-state index contributed by atoms with van der Waals surface area (Å²) in [6, 6.07) is 0. The highest BCUT2D eigenvalue weighted by atomic mass is 28.4. The van der Waals surface area contributed by atoms with Crippen LogP contribution >= 0.6 is 0 Å². The normalized spacial score (nSPS) is 12.4. The Morgan fingerprint density at radius 2 is 2.05 bits per heavy atom. The van der Waals surface area contributed by atoms with E-state index in [-0.39, 0.29) is 16.3 Å². The fourth-order valence-corrected chi connectivity index (χ4v) is 2.38. The van der Waals surface area contributed by atoms with Gasteiger partial charge in [0.05, 0.1) is 12.8 Å². The number of rotatable bonds is 5. The average molecular weight is 298 g/mol. The molecule has 0 amide bonds. The molecule has 0 unspecified atom stereocenters. The Bertz CT molecular complexity index is 546. The third kappa shape index (κ3) is 4.01. The molecule has 0 fully saturated rings. The minimum Gasteiger partial charge on any atom is -0.476 e. The van der Waals surface area contributed by atoms with E-state index in [1.165, 1.54) is 10.8 Å². The summed E-state index contributed by atoms with van der Waals surface area (Å²) in [5.41, 5.74) is -0.467. The highest BCUT2D eigenvalue weighted by Gasteiger charge is 2.36. The van der Waals surface area contributed by atoms with Gasteiger partial charge in [-0.15, -0.1) is 0 Å². The highest BCUT2D eigenvalue weighted by molar-refractivity contribution is 6.74. The maximum absolute atomic E-state index is 11.6. The molecule has 6 nitrogen and oxygen atoms in total. The summed E-state index contributed by atoms with van der Waals surface area (Å²) < 4.78 is 7.29. The maximum atomic E-state index is 11.6. The first-order valence-corrected chi connectivity index (χ1v) is 9.39. The molecule has 1 aromatic heterocycles. The van der Waals surface area contributed by atoms with Gasteiger partial charge in [-0.1, -0.05) is 20.8 Å². The van der Waals surface area contributed by atoms with Crippen molar-refractivity contribution in [2.24, 2.45) is 0 Å². The van der Waals surface area contributed by atoms with Crippen LogP contribution < -0.4 is 5.56 Å². The van der Waals surface area contributed by atoms with Crippen LogP contribution in [0.3, 0.4) is 0 Å². The monoisotopic (exact) mass is 298 g/mol. The zero-order valence-corrected chi connectivity index (χ0v) is 13.6. The summed E-state index contributed by atoms with van der Waals surface area (Å²) in [6.07, 6.45) is 2.27. The summed E-state index contributed by atoms with van der Waals surface area (Å²) in [5.74, 6) is -1.15. The van der Waals surface area contributed by atoms with Crippen LogP contribution in [0, 0.1) is 0 Å². The Balaban J connectivity index is 2.74. The molecule has 1 N–H and O–H groups in total. The summed E-state index contributed by atoms with van der Waals surface area (Å²) in [4.78, 5) is 26.0. The summed E-state index contributed by atoms with van der Waals surface area (Å²) in [5, 5.41) is 8.96. The van der Waals surface area contributed by atoms with Gasteiger partial charge >= 0.3 is 5.97 Å². The zero-order chi connectivity index (χ0) is 15.6. The fraction of sp³-hybridized carbons (Fsp3) is 0.615. The van der Waals surface area contributed by atoms with Gasteiger partial charge in [-0.3, -0.25) is 4.79 Å². The van der Waals surface area contributed by atoms with Crippen LogP contribution in [0.5, 0.6) is 0 Å². The molecule has 0 aliphatic heterocycles. The molecular weight excluding hydrogens is 276 g/mol. The average Bonchev–Trinajstić information content (AvgIpc) is 2.29. The summed E-state index contributed by atoms with van der Waals surface area (Å²) >= 11 is 0. The van der Waals surface area contributed by atoms with Crippen molar-refractivity contribution in [1.82, 2.24) is 9.55 Å². The van der Waals surface area contributed by atoms with E-state index in [2.05, 4.69) is 38.8 Å². The lowest BCUT2D eigenvalue weighted by molar-refractivity contribution is 0.0689. The highest BCUT2D eigenvalue weighted by Crippen LogP contribution is 2.36. The number of carboxylic acid groups (broad SMARTS) is 1. The van der Waals surface area contributed by atoms with E-state index in [0.717, 1.165) is 6.20 Å². The molecule has 0 aliphatic rings. The van der Waals surface area contributed by atoms with Crippen molar-refractivity contribution < 1.29 is 14.3 Å². The van der Waals surface area contributed by atoms with Gasteiger partial charge < -0.3 is 14.1 Å². The molecule has 0 aliphatic carbocycles. The molecule has 1 heterocycles. The van der Waals surface area contributed by atoms with E-state index >= 15 is 0 Å². The van der Waals surface area contributed by atoms with Gasteiger partial charge in [-0.2, -0.15) is 0 Å². The predicted molar refractivity (Wildman–Crippen MR) is 78.6 cm³/mol. The molecule has 0 aromatic carbocycles. The largest absolute Gasteiger partial charge is 0.476 e. The molecule has 0 bridgehead atoms. The molecule has 112 valence electrons. The Labute approximate surface area is 119 Å². The van der Waals surface area contributed by atoms with Crippen molar-refractivity contribution in [3.8, 4) is 0 Å². The Hall–Kier alpha value is -1.47. The minimum atomic E-state index is -1.86. The first-order valence-electron chi connectivity index (χ1n) is 6.48. The van der Waals surface area contributed by atoms with E-state index in [1.807, 2.05) is 0 Å². The number of carboxylic acids is 1. The molecule has 0 atom stereocenters. The summed E-state index contributed by atoms with van der Waals surface area (Å²) in [6.45, 7) is 11.4. The van der Waals surface area contributed by atoms with Crippen LogP contribution in [-0.4, -0.2) is 35.6 Å². The number of hydrogen-bond donors (Lipinski definition) is 1. The van der Waals surface area contributed by atoms with E-state index < -0.39 is 14.3 Å². The van der Waals surface area contributed by atoms with Crippen LogP contribution in [0.4, 0.5) is 0 Å². The third-order valence-corrected chi connectivity index (χ3v) is 8.23. The first-order chi connectivity index (χ1) is 9.04. The maximum Gasteiger partial charge on any atom is 0.356 e. The quantitative estimate of drug-likeness (QED) is 0.840. The van der Waals surface area contributed by atoms with Gasteiger partial charge in [0.25, 0.3) is 5.56 Å². The molecular formula is C13H22N2O4Si. The topological polar surface area (TPSA) is 81.4 Å². The van der Waals surface area contributed by atoms with E-state index in [1.54, 1.807) is 0 Å². The first kappa shape index (κ1) is 16.6. The van der Waals surface area contributed by atoms with Crippen LogP contribution in [0.15, 0.2) is 17.2 Å². The molecule has 0 saturated heterocycles. The van der Waals surface area contributed by atoms with E-state index in [0.29, 0.717) is 13.2 Å². The minimum absolute atomic E-state index is 0.0996. The van der Waals surface area contributed by atoms with Gasteiger partial charge in [-0.05, 0) is 18.1 Å². The van der Waals surface area contributed by atoms with Crippen molar-refractivity contribution in [2.45, 2.75) is 45.4 Å². The molecule has 1 aromatic rings. The second-order valence-corrected chi connectivity index (χ2v) is 11.0. The van der Waals surface area contributed by atoms with Crippen LogP contribution in [0.2, 0.25) is 18.1 Å². The van der Waals surface area contributed by atoms with E-state index in [4.69, 9.17) is 9.53 Å². The lowest BCUT2D eigenvalue weighted by Gasteiger charge is -2.36. The zero-order valence-electron chi connectivity index (χ0n) is 12.6. The van der Waals surface area contributed by atoms with Crippen molar-refractivity contribution in [2.75, 3.05) is 6.61 Å². The number of nitrogens with zero attached hydrogens (tertiary/aromatic N) is 2.